The molecule has 0 saturated carbocycles. The molecule has 2 N–H and O–H groups in total. The zero-order valence-corrected chi connectivity index (χ0v) is 20.6. The van der Waals surface area contributed by atoms with Gasteiger partial charge in [0.15, 0.2) is 6.61 Å². The van der Waals surface area contributed by atoms with Crippen LogP contribution in [0, 0.1) is 13.8 Å². The average Bonchev–Trinajstić information content (AvgIpc) is 3.14. The highest BCUT2D eigenvalue weighted by Crippen LogP contribution is 2.26. The summed E-state index contributed by atoms with van der Waals surface area (Å²) < 4.78 is 40.3. The van der Waals surface area contributed by atoms with Gasteiger partial charge in [-0.05, 0) is 62.4 Å². The molecule has 184 valence electrons. The number of primary sulfonamides is 1. The largest absolute Gasteiger partial charge is 0.497 e. The predicted octanol–water partition coefficient (Wildman–Crippen LogP) is 3.20. The van der Waals surface area contributed by atoms with E-state index in [1.807, 2.05) is 6.92 Å². The SMILES string of the molecule is COc1ccc(/C=C/C(=O)OCC(=O)c2cc(C)n(-c3ccc(S(N)(=O)=O)cc3)c2C)c(OC)c1. The first-order valence-corrected chi connectivity index (χ1v) is 12.0. The van der Waals surface area contributed by atoms with Gasteiger partial charge >= 0.3 is 5.97 Å². The summed E-state index contributed by atoms with van der Waals surface area (Å²) in [4.78, 5) is 24.9. The van der Waals surface area contributed by atoms with Crippen molar-refractivity contribution < 1.29 is 32.2 Å². The van der Waals surface area contributed by atoms with E-state index in [0.717, 1.165) is 5.69 Å². The Kier molecular flexibility index (Phi) is 7.78. The lowest BCUT2D eigenvalue weighted by molar-refractivity contribution is -0.136. The Morgan fingerprint density at radius 2 is 1.69 bits per heavy atom. The number of ketones is 1. The van der Waals surface area contributed by atoms with E-state index in [2.05, 4.69) is 0 Å². The van der Waals surface area contributed by atoms with Crippen LogP contribution in [0.2, 0.25) is 0 Å². The third-order valence-corrected chi connectivity index (χ3v) is 6.27. The molecule has 35 heavy (non-hydrogen) atoms. The van der Waals surface area contributed by atoms with Gasteiger partial charge in [0, 0.05) is 40.3 Å². The Bertz CT molecular complexity index is 1390. The number of aryl methyl sites for hydroxylation is 1. The van der Waals surface area contributed by atoms with Crippen LogP contribution >= 0.6 is 0 Å². The molecular formula is C25H26N2O7S. The molecule has 0 fully saturated rings. The molecule has 0 bridgehead atoms. The number of Topliss-reactive ketones (excluding diaryl/α,β-unsaturated/α-hetero) is 1. The van der Waals surface area contributed by atoms with Gasteiger partial charge in [0.2, 0.25) is 15.8 Å². The lowest BCUT2D eigenvalue weighted by atomic mass is 10.1. The van der Waals surface area contributed by atoms with E-state index in [1.165, 1.54) is 31.4 Å². The molecule has 0 atom stereocenters. The summed E-state index contributed by atoms with van der Waals surface area (Å²) >= 11 is 0. The van der Waals surface area contributed by atoms with Crippen LogP contribution in [0.4, 0.5) is 0 Å². The minimum absolute atomic E-state index is 0.00719. The average molecular weight is 499 g/mol. The fourth-order valence-electron chi connectivity index (χ4n) is 3.60. The second kappa shape index (κ2) is 10.6. The summed E-state index contributed by atoms with van der Waals surface area (Å²) in [5, 5.41) is 5.15. The predicted molar refractivity (Wildman–Crippen MR) is 130 cm³/mol. The summed E-state index contributed by atoms with van der Waals surface area (Å²) in [5.41, 5.74) is 3.09. The van der Waals surface area contributed by atoms with Crippen molar-refractivity contribution in [2.24, 2.45) is 5.14 Å². The van der Waals surface area contributed by atoms with Crippen molar-refractivity contribution in [3.05, 3.63) is 77.1 Å². The Hall–Kier alpha value is -3.89. The molecule has 0 saturated heterocycles. The van der Waals surface area contributed by atoms with Gasteiger partial charge in [-0.3, -0.25) is 4.79 Å². The molecule has 3 aromatic rings. The molecule has 1 aromatic heterocycles. The zero-order chi connectivity index (χ0) is 25.8. The summed E-state index contributed by atoms with van der Waals surface area (Å²) in [6, 6.07) is 12.8. The Balaban J connectivity index is 1.70. The summed E-state index contributed by atoms with van der Waals surface area (Å²) in [5.74, 6) is 0.0945. The van der Waals surface area contributed by atoms with Gasteiger partial charge in [0.25, 0.3) is 0 Å². The lowest BCUT2D eigenvalue weighted by Gasteiger charge is -2.10. The summed E-state index contributed by atoms with van der Waals surface area (Å²) in [6.45, 7) is 3.14. The van der Waals surface area contributed by atoms with E-state index in [4.69, 9.17) is 19.3 Å². The van der Waals surface area contributed by atoms with Crippen LogP contribution in [0.25, 0.3) is 11.8 Å². The number of hydrogen-bond donors (Lipinski definition) is 1. The molecule has 1 heterocycles. The van der Waals surface area contributed by atoms with Crippen LogP contribution < -0.4 is 14.6 Å². The molecule has 10 heteroatoms. The fraction of sp³-hybridized carbons (Fsp3) is 0.200. The van der Waals surface area contributed by atoms with E-state index >= 15 is 0 Å². The maximum Gasteiger partial charge on any atom is 0.331 e. The van der Waals surface area contributed by atoms with Crippen molar-refractivity contribution >= 4 is 27.9 Å². The molecule has 9 nitrogen and oxygen atoms in total. The molecular weight excluding hydrogens is 472 g/mol. The lowest BCUT2D eigenvalue weighted by Crippen LogP contribution is -2.13. The van der Waals surface area contributed by atoms with Crippen LogP contribution in [0.1, 0.15) is 27.3 Å². The molecule has 0 radical (unpaired) electrons. The fourth-order valence-corrected chi connectivity index (χ4v) is 4.12. The maximum absolute atomic E-state index is 12.8. The van der Waals surface area contributed by atoms with Gasteiger partial charge in [0.1, 0.15) is 11.5 Å². The van der Waals surface area contributed by atoms with E-state index in [0.29, 0.717) is 34.0 Å². The van der Waals surface area contributed by atoms with Crippen molar-refractivity contribution in [1.29, 1.82) is 0 Å². The molecule has 3 rings (SSSR count). The number of nitrogens with zero attached hydrogens (tertiary/aromatic N) is 1. The van der Waals surface area contributed by atoms with E-state index in [1.54, 1.807) is 55.0 Å². The summed E-state index contributed by atoms with van der Waals surface area (Å²) in [7, 11) is -0.756. The second-order valence-electron chi connectivity index (χ2n) is 7.63. The minimum atomic E-state index is -3.81. The van der Waals surface area contributed by atoms with Gasteiger partial charge in [-0.15, -0.1) is 0 Å². The Morgan fingerprint density at radius 3 is 2.29 bits per heavy atom. The molecule has 0 unspecified atom stereocenters. The smallest absolute Gasteiger partial charge is 0.331 e. The van der Waals surface area contributed by atoms with Crippen LogP contribution in [-0.4, -0.2) is 45.6 Å². The van der Waals surface area contributed by atoms with Crippen molar-refractivity contribution in [1.82, 2.24) is 4.57 Å². The minimum Gasteiger partial charge on any atom is -0.497 e. The molecule has 0 aliphatic heterocycles. The normalized spacial score (nSPS) is 11.5. The number of methoxy groups -OCH3 is 2. The van der Waals surface area contributed by atoms with Crippen LogP contribution in [0.5, 0.6) is 11.5 Å². The first-order valence-electron chi connectivity index (χ1n) is 10.5. The number of rotatable bonds is 9. The monoisotopic (exact) mass is 498 g/mol. The van der Waals surface area contributed by atoms with E-state index in [-0.39, 0.29) is 10.7 Å². The first-order chi connectivity index (χ1) is 16.5. The highest BCUT2D eigenvalue weighted by molar-refractivity contribution is 7.89. The van der Waals surface area contributed by atoms with Gasteiger partial charge in [0.05, 0.1) is 19.1 Å². The second-order valence-corrected chi connectivity index (χ2v) is 9.19. The van der Waals surface area contributed by atoms with Crippen LogP contribution in [0.15, 0.2) is 59.5 Å². The number of esters is 1. The zero-order valence-electron chi connectivity index (χ0n) is 19.8. The first kappa shape index (κ1) is 25.7. The molecule has 0 aliphatic carbocycles. The van der Waals surface area contributed by atoms with Gasteiger partial charge in [-0.1, -0.05) is 0 Å². The summed E-state index contributed by atoms with van der Waals surface area (Å²) in [6.07, 6.45) is 2.75. The third kappa shape index (κ3) is 5.97. The molecule has 0 amide bonds. The topological polar surface area (TPSA) is 127 Å². The Labute approximate surface area is 203 Å². The van der Waals surface area contributed by atoms with Crippen molar-refractivity contribution in [2.45, 2.75) is 18.7 Å². The van der Waals surface area contributed by atoms with Crippen LogP contribution in [0.3, 0.4) is 0 Å². The van der Waals surface area contributed by atoms with E-state index in [9.17, 15) is 18.0 Å². The third-order valence-electron chi connectivity index (χ3n) is 5.34. The van der Waals surface area contributed by atoms with Gasteiger partial charge < -0.3 is 18.8 Å². The quantitative estimate of drug-likeness (QED) is 0.273. The number of benzene rings is 2. The van der Waals surface area contributed by atoms with Crippen molar-refractivity contribution in [3.63, 3.8) is 0 Å². The number of carbonyl (C=O) groups excluding carboxylic acids is 2. The number of hydrogen-bond acceptors (Lipinski definition) is 7. The molecule has 0 spiro atoms. The standard InChI is InChI=1S/C25H26N2O7S/c1-16-13-22(17(2)27(16)19-7-10-21(11-8-19)35(26,30)31)23(28)15-34-25(29)12-6-18-5-9-20(32-3)14-24(18)33-4/h5-14H,15H2,1-4H3,(H2,26,30,31)/b12-6+. The van der Waals surface area contributed by atoms with Crippen LogP contribution in [-0.2, 0) is 19.6 Å². The number of carbonyl (C=O) groups is 2. The number of nitrogens with two attached hydrogens (primary N) is 1. The number of sulfonamides is 1. The van der Waals surface area contributed by atoms with Crippen molar-refractivity contribution in [3.8, 4) is 17.2 Å². The van der Waals surface area contributed by atoms with Crippen molar-refractivity contribution in [2.75, 3.05) is 20.8 Å². The molecule has 0 aliphatic rings. The number of ether oxygens (including phenoxy) is 3. The Morgan fingerprint density at radius 1 is 1.00 bits per heavy atom. The van der Waals surface area contributed by atoms with E-state index < -0.39 is 22.6 Å². The van der Waals surface area contributed by atoms with Gasteiger partial charge in [-0.25, -0.2) is 18.4 Å². The highest BCUT2D eigenvalue weighted by atomic mass is 32.2. The maximum atomic E-state index is 12.8. The molecule has 2 aromatic carbocycles. The number of aromatic nitrogens is 1. The van der Waals surface area contributed by atoms with Gasteiger partial charge in [-0.2, -0.15) is 0 Å². The highest BCUT2D eigenvalue weighted by Gasteiger charge is 2.18.